The summed E-state index contributed by atoms with van der Waals surface area (Å²) in [4.78, 5) is 34.7. The maximum Gasteiger partial charge on any atom is 0.470 e. The second-order valence-corrected chi connectivity index (χ2v) is 11.0. The number of rotatable bonds is 20. The van der Waals surface area contributed by atoms with Gasteiger partial charge in [0.2, 0.25) is 0 Å². The Morgan fingerprint density at radius 2 is 1.51 bits per heavy atom. The van der Waals surface area contributed by atoms with Crippen LogP contribution in [0.4, 0.5) is 5.82 Å². The number of phosphoric ester groups is 1. The molecule has 1 aliphatic heterocycles. The van der Waals surface area contributed by atoms with Gasteiger partial charge in [-0.15, -0.1) is 0 Å². The highest BCUT2D eigenvalue weighted by Gasteiger charge is 2.49. The molecule has 214 valence electrons. The van der Waals surface area contributed by atoms with E-state index in [0.29, 0.717) is 6.61 Å². The molecule has 0 radical (unpaired) electrons. The minimum atomic E-state index is -4.91. The van der Waals surface area contributed by atoms with Gasteiger partial charge in [-0.05, 0) is 12.5 Å². The number of ether oxygens (including phenoxy) is 2. The highest BCUT2D eigenvalue weighted by molar-refractivity contribution is 7.46. The van der Waals surface area contributed by atoms with Gasteiger partial charge in [0.25, 0.3) is 0 Å². The Labute approximate surface area is 220 Å². The average Bonchev–Trinajstić information content (AvgIpc) is 3.17. The summed E-state index contributed by atoms with van der Waals surface area (Å²) in [7, 11) is -4.91. The molecule has 1 fully saturated rings. The molecule has 1 aliphatic rings. The number of phosphoric acid groups is 1. The topological polar surface area (TPSA) is 166 Å². The van der Waals surface area contributed by atoms with Gasteiger partial charge in [0.05, 0.1) is 6.61 Å². The number of hydrogen-bond acceptors (Lipinski definition) is 8. The molecular formula is C25H46N3O8P. The van der Waals surface area contributed by atoms with Crippen LogP contribution in [-0.2, 0) is 18.6 Å². The lowest BCUT2D eigenvalue weighted by atomic mass is 10.0. The predicted octanol–water partition coefficient (Wildman–Crippen LogP) is 4.06. The van der Waals surface area contributed by atoms with E-state index in [4.69, 9.17) is 19.7 Å². The van der Waals surface area contributed by atoms with Gasteiger partial charge >= 0.3 is 13.5 Å². The van der Waals surface area contributed by atoms with Gasteiger partial charge in [-0.1, -0.05) is 90.4 Å². The van der Waals surface area contributed by atoms with Crippen molar-refractivity contribution in [3.63, 3.8) is 0 Å². The first kappa shape index (κ1) is 31.9. The van der Waals surface area contributed by atoms with Crippen LogP contribution in [0, 0.1) is 0 Å². The van der Waals surface area contributed by atoms with Crippen molar-refractivity contribution in [3.8, 4) is 0 Å². The van der Waals surface area contributed by atoms with Gasteiger partial charge in [-0.25, -0.2) is 9.36 Å². The summed E-state index contributed by atoms with van der Waals surface area (Å²) < 4.78 is 29.2. The Morgan fingerprint density at radius 1 is 0.973 bits per heavy atom. The van der Waals surface area contributed by atoms with Gasteiger partial charge in [0.15, 0.2) is 6.23 Å². The number of aromatic nitrogens is 2. The van der Waals surface area contributed by atoms with Crippen LogP contribution in [0.3, 0.4) is 0 Å². The Bertz CT molecular complexity index is 865. The molecule has 2 rings (SSSR count). The zero-order valence-electron chi connectivity index (χ0n) is 22.1. The molecule has 1 aromatic heterocycles. The van der Waals surface area contributed by atoms with Crippen LogP contribution in [0.2, 0.25) is 0 Å². The minimum absolute atomic E-state index is 0.0286. The van der Waals surface area contributed by atoms with E-state index >= 15 is 0 Å². The SMILES string of the molecule is CCCCCCCCCCCCCCCCO[C@@H]1[C@H](OP(=O)(O)O)[C@@H](CO)O[C@H]1n1ccc(N)nc1=O. The fourth-order valence-corrected chi connectivity index (χ4v) is 5.25. The zero-order chi connectivity index (χ0) is 27.1. The van der Waals surface area contributed by atoms with E-state index in [0.717, 1.165) is 30.3 Å². The Kier molecular flexibility index (Phi) is 14.9. The molecule has 0 saturated carbocycles. The van der Waals surface area contributed by atoms with E-state index in [1.54, 1.807) is 0 Å². The fourth-order valence-electron chi connectivity index (χ4n) is 4.68. The molecule has 0 aliphatic carbocycles. The van der Waals surface area contributed by atoms with Gasteiger partial charge in [0, 0.05) is 12.8 Å². The monoisotopic (exact) mass is 547 g/mol. The third-order valence-electron chi connectivity index (χ3n) is 6.66. The lowest BCUT2D eigenvalue weighted by molar-refractivity contribution is -0.0747. The first-order valence-corrected chi connectivity index (χ1v) is 15.3. The van der Waals surface area contributed by atoms with Crippen molar-refractivity contribution in [1.82, 2.24) is 9.55 Å². The van der Waals surface area contributed by atoms with Crippen LogP contribution in [-0.4, -0.2) is 56.0 Å². The van der Waals surface area contributed by atoms with Crippen LogP contribution in [0.5, 0.6) is 0 Å². The molecule has 1 saturated heterocycles. The van der Waals surface area contributed by atoms with Crippen LogP contribution in [0.15, 0.2) is 17.1 Å². The normalized spacial score (nSPS) is 22.1. The smallest absolute Gasteiger partial charge is 0.394 e. The molecule has 0 bridgehead atoms. The van der Waals surface area contributed by atoms with Crippen molar-refractivity contribution in [3.05, 3.63) is 22.7 Å². The van der Waals surface area contributed by atoms with Crippen LogP contribution in [0.1, 0.15) is 103 Å². The van der Waals surface area contributed by atoms with Gasteiger partial charge in [0.1, 0.15) is 24.1 Å². The largest absolute Gasteiger partial charge is 0.470 e. The molecule has 11 nitrogen and oxygen atoms in total. The Morgan fingerprint density at radius 3 is 2.00 bits per heavy atom. The zero-order valence-corrected chi connectivity index (χ0v) is 23.0. The van der Waals surface area contributed by atoms with Crippen LogP contribution < -0.4 is 11.4 Å². The van der Waals surface area contributed by atoms with Gasteiger partial charge in [-0.3, -0.25) is 9.09 Å². The molecule has 5 N–H and O–H groups in total. The van der Waals surface area contributed by atoms with Crippen molar-refractivity contribution in [2.24, 2.45) is 0 Å². The van der Waals surface area contributed by atoms with E-state index < -0.39 is 44.7 Å². The summed E-state index contributed by atoms with van der Waals surface area (Å²) in [6.45, 7) is 1.96. The number of unbranched alkanes of at least 4 members (excludes halogenated alkanes) is 13. The summed E-state index contributed by atoms with van der Waals surface area (Å²) in [5, 5.41) is 9.70. The van der Waals surface area contributed by atoms with E-state index in [1.165, 1.54) is 76.5 Å². The molecule has 1 aromatic rings. The summed E-state index contributed by atoms with van der Waals surface area (Å²) >= 11 is 0. The lowest BCUT2D eigenvalue weighted by Crippen LogP contribution is -2.39. The molecule has 0 amide bonds. The van der Waals surface area contributed by atoms with E-state index in [1.807, 2.05) is 0 Å². The van der Waals surface area contributed by atoms with Crippen LogP contribution >= 0.6 is 7.82 Å². The molecule has 12 heteroatoms. The predicted molar refractivity (Wildman–Crippen MR) is 141 cm³/mol. The average molecular weight is 548 g/mol. The van der Waals surface area contributed by atoms with Crippen molar-refractivity contribution in [1.29, 1.82) is 0 Å². The third-order valence-corrected chi connectivity index (χ3v) is 7.18. The van der Waals surface area contributed by atoms with Crippen LogP contribution in [0.25, 0.3) is 0 Å². The summed E-state index contributed by atoms with van der Waals surface area (Å²) in [6, 6.07) is 1.40. The fraction of sp³-hybridized carbons (Fsp3) is 0.840. The third kappa shape index (κ3) is 11.9. The first-order valence-electron chi connectivity index (χ1n) is 13.7. The van der Waals surface area contributed by atoms with Crippen molar-refractivity contribution < 1.29 is 33.5 Å². The van der Waals surface area contributed by atoms with Gasteiger partial charge < -0.3 is 30.1 Å². The van der Waals surface area contributed by atoms with Crippen molar-refractivity contribution >= 4 is 13.6 Å². The van der Waals surface area contributed by atoms with E-state index in [-0.39, 0.29) is 5.82 Å². The maximum absolute atomic E-state index is 12.4. The van der Waals surface area contributed by atoms with Crippen molar-refractivity contribution in [2.75, 3.05) is 18.9 Å². The molecule has 0 spiro atoms. The van der Waals surface area contributed by atoms with Crippen molar-refractivity contribution in [2.45, 2.75) is 121 Å². The van der Waals surface area contributed by atoms with E-state index in [2.05, 4.69) is 11.9 Å². The summed E-state index contributed by atoms with van der Waals surface area (Å²) in [5.74, 6) is 0.0286. The Balaban J connectivity index is 1.74. The maximum atomic E-state index is 12.4. The number of aliphatic hydroxyl groups excluding tert-OH is 1. The molecule has 4 atom stereocenters. The molecule has 37 heavy (non-hydrogen) atoms. The standard InChI is InChI=1S/C25H46N3O8P/c1-2-3-4-5-6-7-8-9-10-11-12-13-14-15-18-34-23-22(36-37(31,32)33)20(19-29)35-24(23)28-17-16-21(26)27-25(28)30/h16-17,20,22-24,29H,2-15,18-19H2,1H3,(H2,26,27,30)(H2,31,32,33)/t20-,22-,23-,24-/m1/s1. The number of anilines is 1. The second kappa shape index (κ2) is 17.3. The number of aliphatic hydroxyl groups is 1. The summed E-state index contributed by atoms with van der Waals surface area (Å²) in [6.07, 6.45) is 14.0. The second-order valence-electron chi connectivity index (χ2n) is 9.78. The number of nitrogens with zero attached hydrogens (tertiary/aromatic N) is 2. The van der Waals surface area contributed by atoms with E-state index in [9.17, 15) is 24.3 Å². The molecular weight excluding hydrogens is 501 g/mol. The number of nitrogens with two attached hydrogens (primary N) is 1. The highest BCUT2D eigenvalue weighted by Crippen LogP contribution is 2.44. The number of hydrogen-bond donors (Lipinski definition) is 4. The first-order chi connectivity index (χ1) is 17.8. The molecule has 0 unspecified atom stereocenters. The lowest BCUT2D eigenvalue weighted by Gasteiger charge is -2.25. The molecule has 0 aromatic carbocycles. The summed E-state index contributed by atoms with van der Waals surface area (Å²) in [5.41, 5.74) is 4.85. The Hall–Kier alpha value is -1.33. The minimum Gasteiger partial charge on any atom is -0.394 e. The van der Waals surface area contributed by atoms with Gasteiger partial charge in [-0.2, -0.15) is 4.98 Å². The quantitative estimate of drug-likeness (QED) is 0.138. The number of nitrogen functional groups attached to an aromatic ring is 1. The molecule has 2 heterocycles. The highest BCUT2D eigenvalue weighted by atomic mass is 31.2.